The number of anilines is 2. The number of nitrogens with zero attached hydrogens (tertiary/aromatic N) is 4. The van der Waals surface area contributed by atoms with E-state index in [-0.39, 0.29) is 96.6 Å². The summed E-state index contributed by atoms with van der Waals surface area (Å²) < 4.78 is 34.8. The Morgan fingerprint density at radius 1 is 0.914 bits per heavy atom. The third kappa shape index (κ3) is 10.9. The molecule has 0 spiro atoms. The number of aromatic carboxylic acids is 1. The van der Waals surface area contributed by atoms with Crippen molar-refractivity contribution in [2.24, 2.45) is 0 Å². The van der Waals surface area contributed by atoms with E-state index in [9.17, 15) is 47.1 Å². The number of aryl methyl sites for hydroxylation is 1. The Balaban J connectivity index is 0.812. The first-order chi connectivity index (χ1) is 33.3. The minimum Gasteiger partial charge on any atom is -0.479 e. The van der Waals surface area contributed by atoms with Gasteiger partial charge in [0.25, 0.3) is 5.91 Å². The zero-order chi connectivity index (χ0) is 50.1. The van der Waals surface area contributed by atoms with Gasteiger partial charge in [-0.05, 0) is 92.1 Å². The standard InChI is InChI=1S/C48H52ClN7O12S2/c1-48(2)24-33(50-32-10-4-8-30(23-32)42-40(49)41(68-26-39(59)60)43(69-42)46(63)64)16-17-56(48)70(66,67)27-28-6-3-9-31(22-28)51-47(65)54-20-18-53(19-21-54)38(58)15-12-29-7-5-11-34-35(29)25-55(45(34)62)36-13-14-37(57)52-44(36)61/h3-11,22-23,33,36,50H,12-21,24-27H2,1-2H3,(H,51,65)(H,59,60)(H,63,64)(H,52,57,61)/t33-,36?/m0/s1. The fourth-order valence-electron chi connectivity index (χ4n) is 9.67. The van der Waals surface area contributed by atoms with Gasteiger partial charge in [0, 0.05) is 80.6 Å². The van der Waals surface area contributed by atoms with Crippen LogP contribution in [0.15, 0.2) is 66.7 Å². The van der Waals surface area contributed by atoms with Crippen LogP contribution in [0, 0.1) is 0 Å². The van der Waals surface area contributed by atoms with Gasteiger partial charge in [0.1, 0.15) is 11.1 Å². The molecule has 0 aliphatic carbocycles. The third-order valence-electron chi connectivity index (χ3n) is 13.0. The van der Waals surface area contributed by atoms with Crippen LogP contribution < -0.4 is 20.7 Å². The lowest BCUT2D eigenvalue weighted by molar-refractivity contribution is -0.139. The zero-order valence-corrected chi connectivity index (χ0v) is 40.8. The topological polar surface area (TPSA) is 252 Å². The van der Waals surface area contributed by atoms with E-state index < -0.39 is 46.1 Å². The van der Waals surface area contributed by atoms with Crippen molar-refractivity contribution in [3.8, 4) is 16.2 Å². The number of carboxylic acid groups (broad SMARTS) is 2. The van der Waals surface area contributed by atoms with Gasteiger partial charge < -0.3 is 40.3 Å². The average Bonchev–Trinajstić information content (AvgIpc) is 3.83. The summed E-state index contributed by atoms with van der Waals surface area (Å²) in [5.74, 6) is -4.29. The second-order valence-corrected chi connectivity index (χ2v) is 21.6. The molecule has 370 valence electrons. The molecule has 5 N–H and O–H groups in total. The highest BCUT2D eigenvalue weighted by Gasteiger charge is 2.42. The first-order valence-corrected chi connectivity index (χ1v) is 25.5. The van der Waals surface area contributed by atoms with E-state index in [1.165, 1.54) is 9.21 Å². The molecule has 70 heavy (non-hydrogen) atoms. The number of amides is 6. The number of carbonyl (C=O) groups is 7. The Morgan fingerprint density at radius 3 is 2.34 bits per heavy atom. The summed E-state index contributed by atoms with van der Waals surface area (Å²) in [7, 11) is -3.83. The number of thiophene rings is 1. The van der Waals surface area contributed by atoms with Crippen molar-refractivity contribution in [1.29, 1.82) is 0 Å². The van der Waals surface area contributed by atoms with Crippen molar-refractivity contribution in [3.63, 3.8) is 0 Å². The molecule has 0 bridgehead atoms. The summed E-state index contributed by atoms with van der Waals surface area (Å²) in [6, 6.07) is 18.0. The Morgan fingerprint density at radius 2 is 1.63 bits per heavy atom. The molecule has 4 aromatic rings. The molecule has 1 aromatic heterocycles. The number of carbonyl (C=O) groups excluding carboxylic acids is 5. The van der Waals surface area contributed by atoms with E-state index in [0.29, 0.717) is 65.3 Å². The van der Waals surface area contributed by atoms with Gasteiger partial charge in [0.15, 0.2) is 17.2 Å². The number of sulfonamides is 1. The molecule has 0 saturated carbocycles. The molecule has 3 aromatic carbocycles. The summed E-state index contributed by atoms with van der Waals surface area (Å²) in [6.07, 6.45) is 1.95. The molecule has 19 nitrogen and oxygen atoms in total. The summed E-state index contributed by atoms with van der Waals surface area (Å²) in [5.41, 5.74) is 3.54. The lowest BCUT2D eigenvalue weighted by Gasteiger charge is -2.45. The van der Waals surface area contributed by atoms with E-state index in [1.54, 1.807) is 64.4 Å². The number of benzene rings is 3. The molecule has 6 amide bonds. The number of piperazine rings is 1. The number of nitrogens with one attached hydrogen (secondary N) is 3. The van der Waals surface area contributed by atoms with Gasteiger partial charge >= 0.3 is 18.0 Å². The second-order valence-electron chi connectivity index (χ2n) is 18.3. The lowest BCUT2D eigenvalue weighted by atomic mass is 9.89. The molecule has 4 aliphatic heterocycles. The van der Waals surface area contributed by atoms with Gasteiger partial charge in [0.05, 0.1) is 10.6 Å². The first kappa shape index (κ1) is 49.9. The number of fused-ring (bicyclic) bond motifs is 1. The maximum atomic E-state index is 14.0. The number of ether oxygens (including phenoxy) is 1. The molecule has 4 aliphatic rings. The highest BCUT2D eigenvalue weighted by Crippen LogP contribution is 2.46. The minimum absolute atomic E-state index is 0.0102. The average molecular weight is 1020 g/mol. The number of aliphatic carboxylic acids is 1. The number of imide groups is 1. The SMILES string of the molecule is CC1(C)C[C@@H](Nc2cccc(-c3sc(C(=O)O)c(OCC(=O)O)c3Cl)c2)CCN1S(=O)(=O)Cc1cccc(NC(=O)N2CCN(C(=O)CCc3cccc4c3CN(C3CCC(=O)NC3=O)C4=O)CC2)c1. The van der Waals surface area contributed by atoms with Crippen molar-refractivity contribution < 1.29 is 56.9 Å². The van der Waals surface area contributed by atoms with Crippen LogP contribution in [0.25, 0.3) is 10.4 Å². The van der Waals surface area contributed by atoms with Gasteiger partial charge in [-0.2, -0.15) is 4.31 Å². The smallest absolute Gasteiger partial charge is 0.349 e. The van der Waals surface area contributed by atoms with Crippen molar-refractivity contribution in [1.82, 2.24) is 24.3 Å². The largest absolute Gasteiger partial charge is 0.479 e. The molecule has 22 heteroatoms. The Labute approximate surface area is 412 Å². The number of rotatable bonds is 15. The molecule has 5 heterocycles. The Hall–Kier alpha value is -6.55. The van der Waals surface area contributed by atoms with E-state index in [0.717, 1.165) is 22.5 Å². The molecular formula is C48H52ClN7O12S2. The van der Waals surface area contributed by atoms with Gasteiger partial charge in [-0.25, -0.2) is 22.8 Å². The predicted molar refractivity (Wildman–Crippen MR) is 259 cm³/mol. The summed E-state index contributed by atoms with van der Waals surface area (Å²) in [5, 5.41) is 27.4. The third-order valence-corrected chi connectivity index (χ3v) is 16.7. The molecule has 8 rings (SSSR count). The fraction of sp³-hybridized carbons (Fsp3) is 0.396. The lowest BCUT2D eigenvalue weighted by Crippen LogP contribution is -2.55. The molecular weight excluding hydrogens is 966 g/mol. The van der Waals surface area contributed by atoms with Crippen LogP contribution in [0.3, 0.4) is 0 Å². The summed E-state index contributed by atoms with van der Waals surface area (Å²) in [4.78, 5) is 92.2. The van der Waals surface area contributed by atoms with Crippen LogP contribution in [-0.2, 0) is 47.9 Å². The fourth-order valence-corrected chi connectivity index (χ4v) is 13.0. The van der Waals surface area contributed by atoms with E-state index >= 15 is 0 Å². The summed E-state index contributed by atoms with van der Waals surface area (Å²) >= 11 is 7.39. The predicted octanol–water partition coefficient (Wildman–Crippen LogP) is 5.48. The number of urea groups is 1. The number of hydrogen-bond acceptors (Lipinski definition) is 12. The summed E-state index contributed by atoms with van der Waals surface area (Å²) in [6.45, 7) is 4.66. The number of carboxylic acids is 2. The molecule has 1 unspecified atom stereocenters. The maximum Gasteiger partial charge on any atom is 0.349 e. The molecule has 3 fully saturated rings. The first-order valence-electron chi connectivity index (χ1n) is 22.7. The van der Waals surface area contributed by atoms with Crippen molar-refractivity contribution >= 4 is 85.9 Å². The van der Waals surface area contributed by atoms with E-state index in [1.807, 2.05) is 26.0 Å². The van der Waals surface area contributed by atoms with Gasteiger partial charge in [-0.15, -0.1) is 11.3 Å². The minimum atomic E-state index is -3.83. The van der Waals surface area contributed by atoms with Crippen LogP contribution in [0.5, 0.6) is 5.75 Å². The quantitative estimate of drug-likeness (QED) is 0.0926. The van der Waals surface area contributed by atoms with Crippen LogP contribution >= 0.6 is 22.9 Å². The highest BCUT2D eigenvalue weighted by molar-refractivity contribution is 7.88. The van der Waals surface area contributed by atoms with Gasteiger partial charge in [0.2, 0.25) is 27.7 Å². The Bertz CT molecular complexity index is 2880. The molecule has 3 saturated heterocycles. The maximum absolute atomic E-state index is 14.0. The second kappa shape index (κ2) is 20.4. The van der Waals surface area contributed by atoms with Crippen LogP contribution in [0.1, 0.15) is 82.7 Å². The normalized spacial score (nSPS) is 19.4. The van der Waals surface area contributed by atoms with Crippen molar-refractivity contribution in [2.75, 3.05) is 50.0 Å². The van der Waals surface area contributed by atoms with E-state index in [2.05, 4.69) is 16.0 Å². The van der Waals surface area contributed by atoms with Gasteiger partial charge in [-0.3, -0.25) is 24.5 Å². The van der Waals surface area contributed by atoms with Crippen LogP contribution in [0.4, 0.5) is 16.2 Å². The molecule has 2 atom stereocenters. The van der Waals surface area contributed by atoms with Crippen molar-refractivity contribution in [3.05, 3.63) is 98.9 Å². The van der Waals surface area contributed by atoms with Gasteiger partial charge in [-0.1, -0.05) is 48.0 Å². The van der Waals surface area contributed by atoms with Crippen LogP contribution in [-0.4, -0.2) is 136 Å². The number of halogens is 1. The number of hydrogen-bond donors (Lipinski definition) is 5. The van der Waals surface area contributed by atoms with Crippen molar-refractivity contribution in [2.45, 2.75) is 82.3 Å². The number of piperidine rings is 2. The highest BCUT2D eigenvalue weighted by atomic mass is 35.5. The van der Waals surface area contributed by atoms with E-state index in [4.69, 9.17) is 21.4 Å². The Kier molecular flexibility index (Phi) is 14.5. The zero-order valence-electron chi connectivity index (χ0n) is 38.4. The monoisotopic (exact) mass is 1020 g/mol. The molecule has 0 radical (unpaired) electrons. The van der Waals surface area contributed by atoms with Crippen LogP contribution in [0.2, 0.25) is 5.02 Å².